The predicted molar refractivity (Wildman–Crippen MR) is 112 cm³/mol. The maximum Gasteiger partial charge on any atom is 0.222 e. The lowest BCUT2D eigenvalue weighted by atomic mass is 10.1. The van der Waals surface area contributed by atoms with E-state index in [9.17, 15) is 14.3 Å². The zero-order valence-corrected chi connectivity index (χ0v) is 17.2. The molecule has 2 atom stereocenters. The number of likely N-dealkylation sites (tertiary alicyclic amines) is 1. The number of ether oxygens (including phenoxy) is 2. The zero-order chi connectivity index (χ0) is 21.3. The van der Waals surface area contributed by atoms with Crippen molar-refractivity contribution in [1.29, 1.82) is 0 Å². The Morgan fingerprint density at radius 2 is 2.00 bits per heavy atom. The van der Waals surface area contributed by atoms with Crippen molar-refractivity contribution in [3.63, 3.8) is 0 Å². The minimum Gasteiger partial charge on any atom is -0.497 e. The fourth-order valence-electron chi connectivity index (χ4n) is 3.61. The minimum absolute atomic E-state index is 0.0685. The second-order valence-corrected chi connectivity index (χ2v) is 7.47. The Hall–Kier alpha value is -2.64. The lowest BCUT2D eigenvalue weighted by Gasteiger charge is -2.27. The number of amides is 1. The molecule has 0 unspecified atom stereocenters. The first kappa shape index (κ1) is 22.1. The second-order valence-electron chi connectivity index (χ2n) is 7.47. The van der Waals surface area contributed by atoms with Crippen molar-refractivity contribution in [2.24, 2.45) is 0 Å². The van der Waals surface area contributed by atoms with Crippen LogP contribution < -0.4 is 14.8 Å². The van der Waals surface area contributed by atoms with Gasteiger partial charge in [0.15, 0.2) is 0 Å². The molecule has 0 spiro atoms. The SMILES string of the molecule is COc1cccc(OC[C@H](O)CN2C(=O)CC[C@H]2CCNCc2ccc(F)cc2)c1. The summed E-state index contributed by atoms with van der Waals surface area (Å²) in [6.45, 7) is 1.75. The lowest BCUT2D eigenvalue weighted by Crippen LogP contribution is -2.42. The molecular weight excluding hydrogens is 387 g/mol. The quantitative estimate of drug-likeness (QED) is 0.551. The fraction of sp³-hybridized carbons (Fsp3) is 0.435. The van der Waals surface area contributed by atoms with Gasteiger partial charge in [0.1, 0.15) is 30.0 Å². The molecule has 0 saturated carbocycles. The Balaban J connectivity index is 1.41. The monoisotopic (exact) mass is 416 g/mol. The molecule has 0 aromatic heterocycles. The van der Waals surface area contributed by atoms with Gasteiger partial charge in [-0.1, -0.05) is 18.2 Å². The Morgan fingerprint density at radius 3 is 2.77 bits per heavy atom. The van der Waals surface area contributed by atoms with Crippen molar-refractivity contribution < 1.29 is 23.8 Å². The van der Waals surface area contributed by atoms with Crippen LogP contribution in [-0.4, -0.2) is 54.9 Å². The molecule has 0 radical (unpaired) electrons. The van der Waals surface area contributed by atoms with E-state index in [0.717, 1.165) is 24.9 Å². The first-order valence-corrected chi connectivity index (χ1v) is 10.2. The van der Waals surface area contributed by atoms with E-state index in [1.54, 1.807) is 36.3 Å². The number of halogens is 1. The maximum absolute atomic E-state index is 13.0. The van der Waals surface area contributed by atoms with Gasteiger partial charge in [0.25, 0.3) is 0 Å². The third-order valence-corrected chi connectivity index (χ3v) is 5.24. The maximum atomic E-state index is 13.0. The summed E-state index contributed by atoms with van der Waals surface area (Å²) in [6, 6.07) is 13.7. The molecule has 0 aliphatic carbocycles. The zero-order valence-electron chi connectivity index (χ0n) is 17.2. The van der Waals surface area contributed by atoms with E-state index in [1.165, 1.54) is 12.1 Å². The second kappa shape index (κ2) is 10.9. The number of hydrogen-bond donors (Lipinski definition) is 2. The van der Waals surface area contributed by atoms with Crippen LogP contribution in [0.5, 0.6) is 11.5 Å². The summed E-state index contributed by atoms with van der Waals surface area (Å²) < 4.78 is 23.8. The van der Waals surface area contributed by atoms with Gasteiger partial charge in [0.2, 0.25) is 5.91 Å². The summed E-state index contributed by atoms with van der Waals surface area (Å²) in [5.74, 6) is 1.12. The number of nitrogens with zero attached hydrogens (tertiary/aromatic N) is 1. The summed E-state index contributed by atoms with van der Waals surface area (Å²) in [4.78, 5) is 14.0. The average Bonchev–Trinajstić information content (AvgIpc) is 3.10. The van der Waals surface area contributed by atoms with Crippen LogP contribution in [0.15, 0.2) is 48.5 Å². The van der Waals surface area contributed by atoms with Gasteiger partial charge >= 0.3 is 0 Å². The van der Waals surface area contributed by atoms with E-state index in [1.807, 2.05) is 12.1 Å². The Labute approximate surface area is 176 Å². The van der Waals surface area contributed by atoms with Crippen LogP contribution in [-0.2, 0) is 11.3 Å². The minimum atomic E-state index is -0.770. The van der Waals surface area contributed by atoms with Gasteiger partial charge < -0.3 is 24.8 Å². The lowest BCUT2D eigenvalue weighted by molar-refractivity contribution is -0.130. The first-order chi connectivity index (χ1) is 14.5. The molecule has 1 fully saturated rings. The van der Waals surface area contributed by atoms with Crippen LogP contribution in [0.3, 0.4) is 0 Å². The molecule has 2 aromatic carbocycles. The topological polar surface area (TPSA) is 71.0 Å². The molecule has 30 heavy (non-hydrogen) atoms. The number of β-amino-alcohol motifs (C(OH)–C–C–N with tert-alkyl or cyclic N) is 1. The molecule has 3 rings (SSSR count). The number of aliphatic hydroxyl groups excluding tert-OH is 1. The van der Waals surface area contributed by atoms with Crippen LogP contribution >= 0.6 is 0 Å². The van der Waals surface area contributed by atoms with Crippen molar-refractivity contribution >= 4 is 5.91 Å². The Morgan fingerprint density at radius 1 is 1.23 bits per heavy atom. The highest BCUT2D eigenvalue weighted by molar-refractivity contribution is 5.78. The van der Waals surface area contributed by atoms with E-state index in [4.69, 9.17) is 9.47 Å². The largest absolute Gasteiger partial charge is 0.497 e. The number of carbonyl (C=O) groups is 1. The number of hydrogen-bond acceptors (Lipinski definition) is 5. The molecule has 6 nitrogen and oxygen atoms in total. The van der Waals surface area contributed by atoms with Crippen LogP contribution in [0.2, 0.25) is 0 Å². The average molecular weight is 416 g/mol. The van der Waals surface area contributed by atoms with E-state index in [2.05, 4.69) is 5.32 Å². The number of carbonyl (C=O) groups excluding carboxylic acids is 1. The summed E-state index contributed by atoms with van der Waals surface area (Å²) in [6.07, 6.45) is 1.33. The van der Waals surface area contributed by atoms with Crippen molar-refractivity contribution in [3.05, 3.63) is 59.9 Å². The van der Waals surface area contributed by atoms with Crippen molar-refractivity contribution in [2.45, 2.75) is 38.0 Å². The number of nitrogens with one attached hydrogen (secondary N) is 1. The van der Waals surface area contributed by atoms with Crippen molar-refractivity contribution in [3.8, 4) is 11.5 Å². The fourth-order valence-corrected chi connectivity index (χ4v) is 3.61. The van der Waals surface area contributed by atoms with Gasteiger partial charge in [-0.2, -0.15) is 0 Å². The molecule has 0 bridgehead atoms. The number of rotatable bonds is 11. The smallest absolute Gasteiger partial charge is 0.222 e. The third kappa shape index (κ3) is 6.43. The van der Waals surface area contributed by atoms with Crippen LogP contribution in [0.4, 0.5) is 4.39 Å². The highest BCUT2D eigenvalue weighted by Gasteiger charge is 2.31. The highest BCUT2D eigenvalue weighted by atomic mass is 19.1. The van der Waals surface area contributed by atoms with Gasteiger partial charge in [-0.3, -0.25) is 4.79 Å². The highest BCUT2D eigenvalue weighted by Crippen LogP contribution is 2.22. The van der Waals surface area contributed by atoms with Gasteiger partial charge in [0.05, 0.1) is 13.7 Å². The van der Waals surface area contributed by atoms with E-state index in [0.29, 0.717) is 24.5 Å². The molecule has 1 aliphatic heterocycles. The summed E-state index contributed by atoms with van der Waals surface area (Å²) in [5, 5.41) is 13.7. The molecular formula is C23H29FN2O4. The molecule has 1 aliphatic rings. The standard InChI is InChI=1S/C23H29FN2O4/c1-29-21-3-2-4-22(13-21)30-16-20(27)15-26-19(9-10-23(26)28)11-12-25-14-17-5-7-18(24)8-6-17/h2-8,13,19-20,25,27H,9-12,14-16H2,1H3/t19-,20+/m0/s1. The third-order valence-electron chi connectivity index (χ3n) is 5.24. The molecule has 162 valence electrons. The van der Waals surface area contributed by atoms with Crippen molar-refractivity contribution in [2.75, 3.05) is 26.8 Å². The van der Waals surface area contributed by atoms with Gasteiger partial charge in [-0.05, 0) is 49.2 Å². The molecule has 1 saturated heterocycles. The number of methoxy groups -OCH3 is 1. The predicted octanol–water partition coefficient (Wildman–Crippen LogP) is 2.74. The van der Waals surface area contributed by atoms with E-state index in [-0.39, 0.29) is 30.9 Å². The summed E-state index contributed by atoms with van der Waals surface area (Å²) in [5.41, 5.74) is 1.01. The normalized spacial score (nSPS) is 17.2. The summed E-state index contributed by atoms with van der Waals surface area (Å²) in [7, 11) is 1.58. The Bertz CT molecular complexity index is 815. The van der Waals surface area contributed by atoms with Crippen LogP contribution in [0.25, 0.3) is 0 Å². The van der Waals surface area contributed by atoms with Gasteiger partial charge in [-0.15, -0.1) is 0 Å². The van der Waals surface area contributed by atoms with E-state index < -0.39 is 6.10 Å². The molecule has 1 amide bonds. The Kier molecular flexibility index (Phi) is 8.04. The molecule has 7 heteroatoms. The summed E-state index contributed by atoms with van der Waals surface area (Å²) >= 11 is 0. The number of benzene rings is 2. The first-order valence-electron chi connectivity index (χ1n) is 10.2. The van der Waals surface area contributed by atoms with Gasteiger partial charge in [-0.25, -0.2) is 4.39 Å². The number of aliphatic hydroxyl groups is 1. The van der Waals surface area contributed by atoms with E-state index >= 15 is 0 Å². The molecule has 2 N–H and O–H groups in total. The van der Waals surface area contributed by atoms with Gasteiger partial charge in [0, 0.05) is 25.1 Å². The van der Waals surface area contributed by atoms with Crippen molar-refractivity contribution in [1.82, 2.24) is 10.2 Å². The van der Waals surface area contributed by atoms with Crippen LogP contribution in [0.1, 0.15) is 24.8 Å². The van der Waals surface area contributed by atoms with Crippen LogP contribution in [0, 0.1) is 5.82 Å². The molecule has 1 heterocycles. The molecule has 2 aromatic rings.